The summed E-state index contributed by atoms with van der Waals surface area (Å²) >= 11 is 0. The van der Waals surface area contributed by atoms with E-state index in [1.165, 1.54) is 0 Å². The molecule has 2 N–H and O–H groups in total. The SMILES string of the molecule is CC(C)(C)OC(=O)N1CC[C@H](Nc2ncnc3c2CNCC3)C1. The molecule has 3 rings (SSSR count). The lowest BCUT2D eigenvalue weighted by atomic mass is 10.1. The first-order valence-electron chi connectivity index (χ1n) is 8.20. The van der Waals surface area contributed by atoms with Crippen LogP contribution in [0.15, 0.2) is 6.33 Å². The number of amides is 1. The van der Waals surface area contributed by atoms with Gasteiger partial charge < -0.3 is 20.3 Å². The standard InChI is InChI=1S/C16H25N5O2/c1-16(2,3)23-15(22)21-7-5-11(9-21)20-14-12-8-17-6-4-13(12)18-10-19-14/h10-11,17H,4-9H2,1-3H3,(H,18,19,20)/t11-/m0/s1. The number of carbonyl (C=O) groups excluding carboxylic acids is 1. The highest BCUT2D eigenvalue weighted by Crippen LogP contribution is 2.22. The third kappa shape index (κ3) is 3.90. The van der Waals surface area contributed by atoms with Gasteiger partial charge in [0.2, 0.25) is 0 Å². The Labute approximate surface area is 136 Å². The van der Waals surface area contributed by atoms with Gasteiger partial charge in [0.25, 0.3) is 0 Å². The van der Waals surface area contributed by atoms with E-state index in [1.54, 1.807) is 11.2 Å². The Morgan fingerprint density at radius 1 is 1.43 bits per heavy atom. The summed E-state index contributed by atoms with van der Waals surface area (Å²) in [5.74, 6) is 0.887. The van der Waals surface area contributed by atoms with Gasteiger partial charge in [0.15, 0.2) is 0 Å². The normalized spacial score (nSPS) is 21.0. The lowest BCUT2D eigenvalue weighted by Crippen LogP contribution is -2.37. The monoisotopic (exact) mass is 319 g/mol. The third-order valence-corrected chi connectivity index (χ3v) is 4.06. The van der Waals surface area contributed by atoms with Gasteiger partial charge in [-0.05, 0) is 27.2 Å². The van der Waals surface area contributed by atoms with Crippen molar-refractivity contribution in [2.24, 2.45) is 0 Å². The van der Waals surface area contributed by atoms with E-state index in [2.05, 4.69) is 20.6 Å². The van der Waals surface area contributed by atoms with Crippen molar-refractivity contribution in [3.05, 3.63) is 17.6 Å². The molecule has 1 fully saturated rings. The van der Waals surface area contributed by atoms with Crippen LogP contribution in [0.4, 0.5) is 10.6 Å². The van der Waals surface area contributed by atoms with Crippen LogP contribution in [-0.2, 0) is 17.7 Å². The maximum Gasteiger partial charge on any atom is 0.410 e. The molecule has 1 atom stereocenters. The minimum absolute atomic E-state index is 0.198. The molecule has 3 heterocycles. The summed E-state index contributed by atoms with van der Waals surface area (Å²) in [7, 11) is 0. The predicted molar refractivity (Wildman–Crippen MR) is 87.3 cm³/mol. The molecule has 23 heavy (non-hydrogen) atoms. The van der Waals surface area contributed by atoms with E-state index in [1.807, 2.05) is 20.8 Å². The summed E-state index contributed by atoms with van der Waals surface area (Å²) in [6.45, 7) is 8.75. The summed E-state index contributed by atoms with van der Waals surface area (Å²) in [5, 5.41) is 6.83. The molecule has 2 aliphatic rings. The molecule has 126 valence electrons. The van der Waals surface area contributed by atoms with Gasteiger partial charge in [-0.15, -0.1) is 0 Å². The molecule has 0 spiro atoms. The van der Waals surface area contributed by atoms with Crippen LogP contribution in [0.25, 0.3) is 0 Å². The van der Waals surface area contributed by atoms with Crippen molar-refractivity contribution in [3.8, 4) is 0 Å². The smallest absolute Gasteiger partial charge is 0.410 e. The highest BCUT2D eigenvalue weighted by Gasteiger charge is 2.30. The number of hydrogen-bond acceptors (Lipinski definition) is 6. The first kappa shape index (κ1) is 16.0. The van der Waals surface area contributed by atoms with Gasteiger partial charge >= 0.3 is 6.09 Å². The Morgan fingerprint density at radius 3 is 3.04 bits per heavy atom. The molecule has 0 aromatic carbocycles. The topological polar surface area (TPSA) is 79.4 Å². The van der Waals surface area contributed by atoms with Crippen LogP contribution in [0.3, 0.4) is 0 Å². The van der Waals surface area contributed by atoms with E-state index in [0.717, 1.165) is 43.0 Å². The van der Waals surface area contributed by atoms with Crippen molar-refractivity contribution < 1.29 is 9.53 Å². The Morgan fingerprint density at radius 2 is 2.26 bits per heavy atom. The van der Waals surface area contributed by atoms with Crippen molar-refractivity contribution in [2.75, 3.05) is 25.0 Å². The molecule has 1 amide bonds. The molecule has 1 saturated heterocycles. The molecular formula is C16H25N5O2. The molecule has 0 unspecified atom stereocenters. The Hall–Kier alpha value is -1.89. The number of hydrogen-bond donors (Lipinski definition) is 2. The molecule has 7 heteroatoms. The van der Waals surface area contributed by atoms with E-state index in [4.69, 9.17) is 4.74 Å². The third-order valence-electron chi connectivity index (χ3n) is 4.06. The first-order valence-corrected chi connectivity index (χ1v) is 8.20. The zero-order valence-corrected chi connectivity index (χ0v) is 14.1. The molecule has 0 aliphatic carbocycles. The molecule has 2 aliphatic heterocycles. The molecule has 0 radical (unpaired) electrons. The number of nitrogens with one attached hydrogen (secondary N) is 2. The number of ether oxygens (including phenoxy) is 1. The zero-order chi connectivity index (χ0) is 16.4. The largest absolute Gasteiger partial charge is 0.444 e. The fraction of sp³-hybridized carbons (Fsp3) is 0.688. The van der Waals surface area contributed by atoms with Gasteiger partial charge in [-0.3, -0.25) is 0 Å². The molecule has 0 saturated carbocycles. The van der Waals surface area contributed by atoms with E-state index in [-0.39, 0.29) is 12.1 Å². The van der Waals surface area contributed by atoms with Gasteiger partial charge in [0.1, 0.15) is 17.7 Å². The highest BCUT2D eigenvalue weighted by molar-refractivity contribution is 5.68. The number of likely N-dealkylation sites (tertiary alicyclic amines) is 1. The van der Waals surface area contributed by atoms with E-state index < -0.39 is 5.60 Å². The summed E-state index contributed by atoms with van der Waals surface area (Å²) < 4.78 is 5.43. The lowest BCUT2D eigenvalue weighted by molar-refractivity contribution is 0.0293. The van der Waals surface area contributed by atoms with Gasteiger partial charge in [0.05, 0.1) is 5.69 Å². The van der Waals surface area contributed by atoms with E-state index >= 15 is 0 Å². The maximum absolute atomic E-state index is 12.1. The Balaban J connectivity index is 1.61. The average molecular weight is 319 g/mol. The summed E-state index contributed by atoms with van der Waals surface area (Å²) in [5.41, 5.74) is 1.80. The lowest BCUT2D eigenvalue weighted by Gasteiger charge is -2.25. The van der Waals surface area contributed by atoms with Crippen molar-refractivity contribution in [2.45, 2.75) is 51.8 Å². The second-order valence-corrected chi connectivity index (χ2v) is 7.13. The quantitative estimate of drug-likeness (QED) is 0.861. The van der Waals surface area contributed by atoms with E-state index in [9.17, 15) is 4.79 Å². The summed E-state index contributed by atoms with van der Waals surface area (Å²) in [6, 6.07) is 0.198. The fourth-order valence-electron chi connectivity index (χ4n) is 2.96. The molecule has 1 aromatic heterocycles. The van der Waals surface area contributed by atoms with Crippen molar-refractivity contribution in [1.29, 1.82) is 0 Å². The molecule has 7 nitrogen and oxygen atoms in total. The van der Waals surface area contributed by atoms with Gasteiger partial charge in [-0.2, -0.15) is 0 Å². The van der Waals surface area contributed by atoms with Gasteiger partial charge in [-0.1, -0.05) is 0 Å². The molecule has 1 aromatic rings. The average Bonchev–Trinajstić information content (AvgIpc) is 2.95. The van der Waals surface area contributed by atoms with Crippen molar-refractivity contribution in [3.63, 3.8) is 0 Å². The molecule has 0 bridgehead atoms. The minimum Gasteiger partial charge on any atom is -0.444 e. The Bertz CT molecular complexity index is 584. The number of aromatic nitrogens is 2. The van der Waals surface area contributed by atoms with Crippen LogP contribution >= 0.6 is 0 Å². The summed E-state index contributed by atoms with van der Waals surface area (Å²) in [4.78, 5) is 22.6. The maximum atomic E-state index is 12.1. The van der Waals surface area contributed by atoms with E-state index in [0.29, 0.717) is 13.1 Å². The number of carbonyl (C=O) groups is 1. The minimum atomic E-state index is -0.458. The van der Waals surface area contributed by atoms with Gasteiger partial charge in [-0.25, -0.2) is 14.8 Å². The van der Waals surface area contributed by atoms with Crippen LogP contribution in [-0.4, -0.2) is 52.2 Å². The van der Waals surface area contributed by atoms with Gasteiger partial charge in [0, 0.05) is 44.2 Å². The van der Waals surface area contributed by atoms with Crippen molar-refractivity contribution in [1.82, 2.24) is 20.2 Å². The number of anilines is 1. The van der Waals surface area contributed by atoms with Crippen molar-refractivity contribution >= 4 is 11.9 Å². The van der Waals surface area contributed by atoms with Crippen LogP contribution in [0, 0.1) is 0 Å². The zero-order valence-electron chi connectivity index (χ0n) is 14.1. The molecular weight excluding hydrogens is 294 g/mol. The predicted octanol–water partition coefficient (Wildman–Crippen LogP) is 1.54. The number of fused-ring (bicyclic) bond motifs is 1. The second kappa shape index (κ2) is 6.31. The van der Waals surface area contributed by atoms with Crippen LogP contribution in [0.5, 0.6) is 0 Å². The number of rotatable bonds is 2. The highest BCUT2D eigenvalue weighted by atomic mass is 16.6. The second-order valence-electron chi connectivity index (χ2n) is 7.13. The van der Waals surface area contributed by atoms with Crippen LogP contribution < -0.4 is 10.6 Å². The fourth-order valence-corrected chi connectivity index (χ4v) is 2.96. The van der Waals surface area contributed by atoms with Crippen LogP contribution in [0.1, 0.15) is 38.4 Å². The number of nitrogens with zero attached hydrogens (tertiary/aromatic N) is 3. The van der Waals surface area contributed by atoms with Crippen LogP contribution in [0.2, 0.25) is 0 Å². The first-order chi connectivity index (χ1) is 10.9. The Kier molecular flexibility index (Phi) is 4.39. The summed E-state index contributed by atoms with van der Waals surface area (Å²) in [6.07, 6.45) is 3.20.